The van der Waals surface area contributed by atoms with Crippen molar-refractivity contribution in [3.63, 3.8) is 0 Å². The topological polar surface area (TPSA) is 38.9 Å². The molecule has 0 saturated carbocycles. The lowest BCUT2D eigenvalue weighted by molar-refractivity contribution is 0.572. The van der Waals surface area contributed by atoms with Crippen molar-refractivity contribution in [1.82, 2.24) is 4.98 Å². The van der Waals surface area contributed by atoms with Gasteiger partial charge in [0.05, 0.1) is 0 Å². The van der Waals surface area contributed by atoms with E-state index in [1.807, 2.05) is 12.1 Å². The van der Waals surface area contributed by atoms with Crippen LogP contribution in [0.1, 0.15) is 22.7 Å². The summed E-state index contributed by atoms with van der Waals surface area (Å²) in [6.07, 6.45) is 4.02. The fourth-order valence-electron chi connectivity index (χ4n) is 1.89. The van der Waals surface area contributed by atoms with Crippen LogP contribution in [0.15, 0.2) is 41.1 Å². The molecule has 1 aromatic carbocycles. The fraction of sp³-hybridized carbons (Fsp3) is 0.214. The van der Waals surface area contributed by atoms with Gasteiger partial charge in [-0.1, -0.05) is 18.2 Å². The number of hydrogen-bond donors (Lipinski definition) is 1. The van der Waals surface area contributed by atoms with Crippen LogP contribution in [0.3, 0.4) is 0 Å². The maximum Gasteiger partial charge on any atom is 0.130 e. The Morgan fingerprint density at radius 3 is 2.89 bits per heavy atom. The third-order valence-electron chi connectivity index (χ3n) is 2.84. The second-order valence-corrected chi connectivity index (χ2v) is 5.22. The van der Waals surface area contributed by atoms with Crippen molar-refractivity contribution in [2.45, 2.75) is 19.4 Å². The highest BCUT2D eigenvalue weighted by atomic mass is 79.9. The average Bonchev–Trinajstić information content (AvgIpc) is 2.32. The molecule has 2 aromatic rings. The standard InChI is InChI=1S/C14H14BrFN2/c1-9-3-2-4-12(14(9)16)13(17)6-10-5-11(15)8-18-7-10/h2-5,7-8,13H,6,17H2,1H3. The Balaban J connectivity index is 2.22. The molecule has 1 aromatic heterocycles. The van der Waals surface area contributed by atoms with E-state index in [0.717, 1.165) is 10.0 Å². The molecular formula is C14H14BrFN2. The van der Waals surface area contributed by atoms with Crippen LogP contribution in [0.4, 0.5) is 4.39 Å². The monoisotopic (exact) mass is 308 g/mol. The van der Waals surface area contributed by atoms with Crippen LogP contribution in [-0.4, -0.2) is 4.98 Å². The van der Waals surface area contributed by atoms with E-state index in [4.69, 9.17) is 5.73 Å². The van der Waals surface area contributed by atoms with E-state index < -0.39 is 0 Å². The number of benzene rings is 1. The van der Waals surface area contributed by atoms with E-state index in [1.54, 1.807) is 31.5 Å². The summed E-state index contributed by atoms with van der Waals surface area (Å²) in [5.41, 5.74) is 8.22. The molecule has 1 atom stereocenters. The van der Waals surface area contributed by atoms with Crippen molar-refractivity contribution in [2.24, 2.45) is 5.73 Å². The van der Waals surface area contributed by atoms with E-state index >= 15 is 0 Å². The molecule has 0 amide bonds. The van der Waals surface area contributed by atoms with E-state index in [9.17, 15) is 4.39 Å². The van der Waals surface area contributed by atoms with Crippen LogP contribution >= 0.6 is 15.9 Å². The maximum absolute atomic E-state index is 13.9. The first-order valence-corrected chi connectivity index (χ1v) is 6.47. The molecule has 0 spiro atoms. The number of nitrogens with two attached hydrogens (primary N) is 1. The highest BCUT2D eigenvalue weighted by molar-refractivity contribution is 9.10. The first kappa shape index (κ1) is 13.2. The Morgan fingerprint density at radius 2 is 2.17 bits per heavy atom. The maximum atomic E-state index is 13.9. The number of pyridine rings is 1. The molecule has 2 N–H and O–H groups in total. The molecule has 2 nitrogen and oxygen atoms in total. The number of aromatic nitrogens is 1. The summed E-state index contributed by atoms with van der Waals surface area (Å²) in [5.74, 6) is -0.215. The van der Waals surface area contributed by atoms with Gasteiger partial charge in [-0.25, -0.2) is 4.39 Å². The molecule has 4 heteroatoms. The molecule has 1 unspecified atom stereocenters. The number of hydrogen-bond acceptors (Lipinski definition) is 2. The highest BCUT2D eigenvalue weighted by Crippen LogP contribution is 2.22. The minimum atomic E-state index is -0.360. The number of rotatable bonds is 3. The lowest BCUT2D eigenvalue weighted by atomic mass is 9.98. The van der Waals surface area contributed by atoms with Gasteiger partial charge in [-0.15, -0.1) is 0 Å². The first-order chi connectivity index (χ1) is 8.58. The third kappa shape index (κ3) is 2.94. The average molecular weight is 309 g/mol. The Bertz CT molecular complexity index is 557. The van der Waals surface area contributed by atoms with E-state index in [1.165, 1.54) is 0 Å². The van der Waals surface area contributed by atoms with Crippen molar-refractivity contribution in [2.75, 3.05) is 0 Å². The summed E-state index contributed by atoms with van der Waals surface area (Å²) < 4.78 is 14.8. The Labute approximate surface area is 114 Å². The summed E-state index contributed by atoms with van der Waals surface area (Å²) in [4.78, 5) is 4.07. The van der Waals surface area contributed by atoms with Gasteiger partial charge in [0.2, 0.25) is 0 Å². The summed E-state index contributed by atoms with van der Waals surface area (Å²) in [5, 5.41) is 0. The lowest BCUT2D eigenvalue weighted by Crippen LogP contribution is -2.15. The highest BCUT2D eigenvalue weighted by Gasteiger charge is 2.13. The Hall–Kier alpha value is -1.26. The van der Waals surface area contributed by atoms with Gasteiger partial charge in [-0.3, -0.25) is 4.98 Å². The van der Waals surface area contributed by atoms with Gasteiger partial charge in [0.15, 0.2) is 0 Å². The minimum Gasteiger partial charge on any atom is -0.324 e. The van der Waals surface area contributed by atoms with Gasteiger partial charge < -0.3 is 5.73 Å². The SMILES string of the molecule is Cc1cccc(C(N)Cc2cncc(Br)c2)c1F. The minimum absolute atomic E-state index is 0.215. The molecule has 0 aliphatic carbocycles. The van der Waals surface area contributed by atoms with Gasteiger partial charge in [0.1, 0.15) is 5.82 Å². The number of nitrogens with zero attached hydrogens (tertiary/aromatic N) is 1. The third-order valence-corrected chi connectivity index (χ3v) is 3.27. The predicted octanol–water partition coefficient (Wildman–Crippen LogP) is 3.53. The summed E-state index contributed by atoms with van der Waals surface area (Å²) in [6, 6.07) is 6.89. The Kier molecular flexibility index (Phi) is 4.09. The van der Waals surface area contributed by atoms with Crippen LogP contribution in [0.25, 0.3) is 0 Å². The van der Waals surface area contributed by atoms with Crippen LogP contribution in [-0.2, 0) is 6.42 Å². The van der Waals surface area contributed by atoms with Crippen LogP contribution in [0.2, 0.25) is 0 Å². The van der Waals surface area contributed by atoms with Crippen molar-refractivity contribution in [3.05, 3.63) is 63.6 Å². The molecule has 94 valence electrons. The van der Waals surface area contributed by atoms with Crippen molar-refractivity contribution < 1.29 is 4.39 Å². The predicted molar refractivity (Wildman–Crippen MR) is 73.7 cm³/mol. The molecule has 0 bridgehead atoms. The first-order valence-electron chi connectivity index (χ1n) is 5.68. The van der Waals surface area contributed by atoms with Crippen molar-refractivity contribution >= 4 is 15.9 Å². The zero-order valence-electron chi connectivity index (χ0n) is 10.0. The second kappa shape index (κ2) is 5.59. The summed E-state index contributed by atoms with van der Waals surface area (Å²) in [6.45, 7) is 1.74. The normalized spacial score (nSPS) is 12.4. The van der Waals surface area contributed by atoms with E-state index in [2.05, 4.69) is 20.9 Å². The van der Waals surface area contributed by atoms with Gasteiger partial charge in [0.25, 0.3) is 0 Å². The number of aryl methyl sites for hydroxylation is 1. The molecular weight excluding hydrogens is 295 g/mol. The van der Waals surface area contributed by atoms with Crippen molar-refractivity contribution in [1.29, 1.82) is 0 Å². The summed E-state index contributed by atoms with van der Waals surface area (Å²) >= 11 is 3.36. The smallest absolute Gasteiger partial charge is 0.130 e. The lowest BCUT2D eigenvalue weighted by Gasteiger charge is -2.14. The molecule has 1 heterocycles. The molecule has 18 heavy (non-hydrogen) atoms. The van der Waals surface area contributed by atoms with Gasteiger partial charge in [0, 0.05) is 28.5 Å². The zero-order chi connectivity index (χ0) is 13.1. The largest absolute Gasteiger partial charge is 0.324 e. The number of halogens is 2. The Morgan fingerprint density at radius 1 is 1.39 bits per heavy atom. The molecule has 0 saturated heterocycles. The van der Waals surface area contributed by atoms with Crippen LogP contribution in [0, 0.1) is 12.7 Å². The van der Waals surface area contributed by atoms with E-state index in [0.29, 0.717) is 17.5 Å². The molecule has 0 aliphatic rings. The summed E-state index contributed by atoms with van der Waals surface area (Å²) in [7, 11) is 0. The molecule has 0 fully saturated rings. The van der Waals surface area contributed by atoms with Crippen LogP contribution in [0.5, 0.6) is 0 Å². The second-order valence-electron chi connectivity index (χ2n) is 4.30. The van der Waals surface area contributed by atoms with Gasteiger partial charge in [-0.2, -0.15) is 0 Å². The molecule has 2 rings (SSSR count). The molecule has 0 radical (unpaired) electrons. The zero-order valence-corrected chi connectivity index (χ0v) is 11.6. The van der Waals surface area contributed by atoms with Gasteiger partial charge in [-0.05, 0) is 46.5 Å². The van der Waals surface area contributed by atoms with Crippen molar-refractivity contribution in [3.8, 4) is 0 Å². The molecule has 0 aliphatic heterocycles. The fourth-order valence-corrected chi connectivity index (χ4v) is 2.30. The van der Waals surface area contributed by atoms with Gasteiger partial charge >= 0.3 is 0 Å². The quantitative estimate of drug-likeness (QED) is 0.942. The van der Waals surface area contributed by atoms with Crippen LogP contribution < -0.4 is 5.73 Å². The van der Waals surface area contributed by atoms with E-state index in [-0.39, 0.29) is 11.9 Å².